The van der Waals surface area contributed by atoms with Crippen molar-refractivity contribution in [2.45, 2.75) is 6.61 Å². The Morgan fingerprint density at radius 2 is 1.96 bits per heavy atom. The van der Waals surface area contributed by atoms with Crippen molar-refractivity contribution >= 4 is 11.6 Å². The molecular formula is C19H16N2O3. The van der Waals surface area contributed by atoms with E-state index < -0.39 is 0 Å². The first kappa shape index (κ1) is 15.7. The fraction of sp³-hybridized carbons (Fsp3) is 0.0526. The van der Waals surface area contributed by atoms with Crippen LogP contribution in [-0.2, 0) is 6.61 Å². The van der Waals surface area contributed by atoms with E-state index in [9.17, 15) is 9.90 Å². The van der Waals surface area contributed by atoms with E-state index in [1.165, 1.54) is 0 Å². The molecule has 0 aliphatic carbocycles. The highest BCUT2D eigenvalue weighted by Crippen LogP contribution is 2.25. The lowest BCUT2D eigenvalue weighted by atomic mass is 10.1. The first-order valence-corrected chi connectivity index (χ1v) is 7.44. The summed E-state index contributed by atoms with van der Waals surface area (Å²) in [7, 11) is 0. The summed E-state index contributed by atoms with van der Waals surface area (Å²) in [6, 6.07) is 17.6. The number of anilines is 1. The standard InChI is InChI=1S/C19H16N2O3/c22-13-14-5-3-6-15(11-14)21-19(23)17-8-1-2-9-18(17)24-16-7-4-10-20-12-16/h1-12,22H,13H2,(H,21,23). The number of hydrogen-bond acceptors (Lipinski definition) is 4. The Hall–Kier alpha value is -3.18. The first-order chi connectivity index (χ1) is 11.8. The van der Waals surface area contributed by atoms with Gasteiger partial charge >= 0.3 is 0 Å². The van der Waals surface area contributed by atoms with Crippen LogP contribution in [0.1, 0.15) is 15.9 Å². The molecule has 3 aromatic rings. The maximum atomic E-state index is 12.6. The predicted octanol–water partition coefficient (Wildman–Crippen LogP) is 3.62. The molecule has 120 valence electrons. The highest BCUT2D eigenvalue weighted by atomic mass is 16.5. The molecule has 0 spiro atoms. The third-order valence-corrected chi connectivity index (χ3v) is 3.36. The zero-order valence-corrected chi connectivity index (χ0v) is 12.8. The van der Waals surface area contributed by atoms with E-state index in [-0.39, 0.29) is 12.5 Å². The molecule has 5 heteroatoms. The number of para-hydroxylation sites is 1. The van der Waals surface area contributed by atoms with Crippen LogP contribution in [-0.4, -0.2) is 16.0 Å². The minimum absolute atomic E-state index is 0.0790. The predicted molar refractivity (Wildman–Crippen MR) is 91.1 cm³/mol. The summed E-state index contributed by atoms with van der Waals surface area (Å²) in [6.07, 6.45) is 3.24. The van der Waals surface area contributed by atoms with Gasteiger partial charge in [-0.25, -0.2) is 0 Å². The highest BCUT2D eigenvalue weighted by molar-refractivity contribution is 6.06. The van der Waals surface area contributed by atoms with E-state index in [0.29, 0.717) is 22.7 Å². The number of carbonyl (C=O) groups is 1. The van der Waals surface area contributed by atoms with Crippen molar-refractivity contribution in [3.8, 4) is 11.5 Å². The number of nitrogens with one attached hydrogen (secondary N) is 1. The second kappa shape index (κ2) is 7.39. The fourth-order valence-electron chi connectivity index (χ4n) is 2.22. The lowest BCUT2D eigenvalue weighted by Gasteiger charge is -2.11. The molecule has 0 saturated carbocycles. The zero-order chi connectivity index (χ0) is 16.8. The molecule has 2 aromatic carbocycles. The lowest BCUT2D eigenvalue weighted by molar-refractivity contribution is 0.102. The molecule has 0 atom stereocenters. The van der Waals surface area contributed by atoms with Crippen LogP contribution in [0.4, 0.5) is 5.69 Å². The lowest BCUT2D eigenvalue weighted by Crippen LogP contribution is -2.13. The minimum atomic E-state index is -0.287. The SMILES string of the molecule is O=C(Nc1cccc(CO)c1)c1ccccc1Oc1cccnc1. The smallest absolute Gasteiger partial charge is 0.259 e. The Labute approximate surface area is 139 Å². The van der Waals surface area contributed by atoms with Crippen molar-refractivity contribution in [1.82, 2.24) is 4.98 Å². The molecule has 1 amide bonds. The number of pyridine rings is 1. The topological polar surface area (TPSA) is 71.5 Å². The number of amides is 1. The number of aliphatic hydroxyl groups excluding tert-OH is 1. The van der Waals surface area contributed by atoms with Gasteiger partial charge in [0, 0.05) is 11.9 Å². The molecule has 0 fully saturated rings. The Bertz CT molecular complexity index is 835. The molecule has 24 heavy (non-hydrogen) atoms. The fourth-order valence-corrected chi connectivity index (χ4v) is 2.22. The van der Waals surface area contributed by atoms with Crippen molar-refractivity contribution in [3.63, 3.8) is 0 Å². The second-order valence-electron chi connectivity index (χ2n) is 5.10. The number of hydrogen-bond donors (Lipinski definition) is 2. The van der Waals surface area contributed by atoms with Crippen LogP contribution in [0, 0.1) is 0 Å². The van der Waals surface area contributed by atoms with Crippen LogP contribution in [0.15, 0.2) is 73.1 Å². The Balaban J connectivity index is 1.82. The van der Waals surface area contributed by atoms with Gasteiger partial charge in [-0.2, -0.15) is 0 Å². The third-order valence-electron chi connectivity index (χ3n) is 3.36. The summed E-state index contributed by atoms with van der Waals surface area (Å²) < 4.78 is 5.75. The minimum Gasteiger partial charge on any atom is -0.455 e. The van der Waals surface area contributed by atoms with Gasteiger partial charge in [0.05, 0.1) is 18.4 Å². The summed E-state index contributed by atoms with van der Waals surface area (Å²) in [4.78, 5) is 16.5. The van der Waals surface area contributed by atoms with Gasteiger partial charge in [-0.05, 0) is 42.0 Å². The number of ether oxygens (including phenoxy) is 1. The molecule has 3 rings (SSSR count). The van der Waals surface area contributed by atoms with Crippen molar-refractivity contribution in [3.05, 3.63) is 84.2 Å². The summed E-state index contributed by atoms with van der Waals surface area (Å²) in [5, 5.41) is 12.0. The summed E-state index contributed by atoms with van der Waals surface area (Å²) in [5.74, 6) is 0.714. The molecule has 1 heterocycles. The maximum absolute atomic E-state index is 12.6. The number of aliphatic hydroxyl groups is 1. The van der Waals surface area contributed by atoms with Crippen LogP contribution < -0.4 is 10.1 Å². The number of benzene rings is 2. The molecule has 5 nitrogen and oxygen atoms in total. The summed E-state index contributed by atoms with van der Waals surface area (Å²) in [5.41, 5.74) is 1.76. The quantitative estimate of drug-likeness (QED) is 0.753. The largest absolute Gasteiger partial charge is 0.455 e. The van der Waals surface area contributed by atoms with Gasteiger partial charge in [-0.1, -0.05) is 24.3 Å². The number of aromatic nitrogens is 1. The van der Waals surface area contributed by atoms with Gasteiger partial charge in [-0.15, -0.1) is 0 Å². The average Bonchev–Trinajstić information content (AvgIpc) is 2.63. The van der Waals surface area contributed by atoms with Crippen molar-refractivity contribution in [1.29, 1.82) is 0 Å². The normalized spacial score (nSPS) is 10.2. The van der Waals surface area contributed by atoms with E-state index in [1.807, 2.05) is 0 Å². The van der Waals surface area contributed by atoms with Gasteiger partial charge in [0.15, 0.2) is 0 Å². The molecule has 0 radical (unpaired) electrons. The van der Waals surface area contributed by atoms with E-state index in [4.69, 9.17) is 4.74 Å². The van der Waals surface area contributed by atoms with E-state index in [0.717, 1.165) is 5.56 Å². The van der Waals surface area contributed by atoms with E-state index in [2.05, 4.69) is 10.3 Å². The monoisotopic (exact) mass is 320 g/mol. The molecule has 0 aliphatic rings. The molecular weight excluding hydrogens is 304 g/mol. The average molecular weight is 320 g/mol. The number of rotatable bonds is 5. The molecule has 2 N–H and O–H groups in total. The van der Waals surface area contributed by atoms with Crippen LogP contribution in [0.5, 0.6) is 11.5 Å². The molecule has 1 aromatic heterocycles. The van der Waals surface area contributed by atoms with Crippen molar-refractivity contribution in [2.75, 3.05) is 5.32 Å². The van der Waals surface area contributed by atoms with Crippen LogP contribution >= 0.6 is 0 Å². The Morgan fingerprint density at radius 3 is 2.75 bits per heavy atom. The number of nitrogens with zero attached hydrogens (tertiary/aromatic N) is 1. The molecule has 0 saturated heterocycles. The van der Waals surface area contributed by atoms with Crippen LogP contribution in [0.2, 0.25) is 0 Å². The molecule has 0 aliphatic heterocycles. The second-order valence-corrected chi connectivity index (χ2v) is 5.10. The number of carbonyl (C=O) groups excluding carboxylic acids is 1. The van der Waals surface area contributed by atoms with Gasteiger partial charge in [0.2, 0.25) is 0 Å². The van der Waals surface area contributed by atoms with E-state index in [1.54, 1.807) is 73.1 Å². The Morgan fingerprint density at radius 1 is 1.08 bits per heavy atom. The zero-order valence-electron chi connectivity index (χ0n) is 12.8. The van der Waals surface area contributed by atoms with Gasteiger partial charge in [0.1, 0.15) is 11.5 Å². The van der Waals surface area contributed by atoms with Crippen LogP contribution in [0.25, 0.3) is 0 Å². The summed E-state index contributed by atoms with van der Waals surface area (Å²) >= 11 is 0. The van der Waals surface area contributed by atoms with Gasteiger partial charge in [-0.3, -0.25) is 9.78 Å². The van der Waals surface area contributed by atoms with Crippen molar-refractivity contribution < 1.29 is 14.6 Å². The summed E-state index contributed by atoms with van der Waals surface area (Å²) in [6.45, 7) is -0.0790. The van der Waals surface area contributed by atoms with Gasteiger partial charge in [0.25, 0.3) is 5.91 Å². The highest BCUT2D eigenvalue weighted by Gasteiger charge is 2.13. The Kier molecular flexibility index (Phi) is 4.84. The molecule has 0 bridgehead atoms. The molecule has 0 unspecified atom stereocenters. The maximum Gasteiger partial charge on any atom is 0.259 e. The van der Waals surface area contributed by atoms with E-state index >= 15 is 0 Å². The first-order valence-electron chi connectivity index (χ1n) is 7.44. The van der Waals surface area contributed by atoms with Crippen LogP contribution in [0.3, 0.4) is 0 Å². The third kappa shape index (κ3) is 3.77. The van der Waals surface area contributed by atoms with Crippen molar-refractivity contribution in [2.24, 2.45) is 0 Å². The van der Waals surface area contributed by atoms with Gasteiger partial charge < -0.3 is 15.2 Å².